The number of Topliss-reactive ketones (excluding diaryl/α,β-unsaturated/α-hetero) is 1. The Labute approximate surface area is 216 Å². The molecule has 2 aliphatic rings. The summed E-state index contributed by atoms with van der Waals surface area (Å²) in [5.74, 6) is -2.21. The van der Waals surface area contributed by atoms with E-state index in [0.29, 0.717) is 39.0 Å². The van der Waals surface area contributed by atoms with Crippen molar-refractivity contribution in [3.05, 3.63) is 100 Å². The van der Waals surface area contributed by atoms with E-state index in [9.17, 15) is 22.8 Å². The van der Waals surface area contributed by atoms with Gasteiger partial charge in [-0.15, -0.1) is 0 Å². The van der Waals surface area contributed by atoms with Gasteiger partial charge in [-0.05, 0) is 59.9 Å². The molecule has 1 aliphatic carbocycles. The van der Waals surface area contributed by atoms with Crippen molar-refractivity contribution in [1.29, 1.82) is 0 Å². The minimum atomic E-state index is -5.17. The molecule has 5 nitrogen and oxygen atoms in total. The number of nitrogens with one attached hydrogen (secondary N) is 1. The maximum atomic E-state index is 14.0. The van der Waals surface area contributed by atoms with E-state index in [1.54, 1.807) is 54.6 Å². The first-order valence-corrected chi connectivity index (χ1v) is 12.0. The van der Waals surface area contributed by atoms with Gasteiger partial charge in [0.25, 0.3) is 0 Å². The van der Waals surface area contributed by atoms with Crippen LogP contribution in [0.1, 0.15) is 35.9 Å². The number of carbonyl (C=O) groups excluding carboxylic acids is 2. The first kappa shape index (κ1) is 24.9. The summed E-state index contributed by atoms with van der Waals surface area (Å²) in [6.45, 7) is 0. The van der Waals surface area contributed by atoms with E-state index in [-0.39, 0.29) is 29.4 Å². The quantitative estimate of drug-likeness (QED) is 0.407. The van der Waals surface area contributed by atoms with Gasteiger partial charge in [-0.3, -0.25) is 14.5 Å². The first-order chi connectivity index (χ1) is 17.7. The predicted molar refractivity (Wildman–Crippen MR) is 135 cm³/mol. The molecule has 3 aromatic carbocycles. The topological polar surface area (TPSA) is 58.6 Å². The predicted octanol–water partition coefficient (Wildman–Crippen LogP) is 6.81. The molecular weight excluding hydrogens is 505 g/mol. The number of allylic oxidation sites excluding steroid dienone is 1. The van der Waals surface area contributed by atoms with E-state index < -0.39 is 18.1 Å². The van der Waals surface area contributed by atoms with Crippen LogP contribution in [0.15, 0.2) is 84.1 Å². The Bertz CT molecular complexity index is 1400. The third-order valence-corrected chi connectivity index (χ3v) is 6.95. The highest BCUT2D eigenvalue weighted by atomic mass is 35.5. The number of benzene rings is 3. The zero-order valence-corrected chi connectivity index (χ0v) is 20.4. The van der Waals surface area contributed by atoms with E-state index in [0.717, 1.165) is 5.56 Å². The molecule has 1 N–H and O–H groups in total. The van der Waals surface area contributed by atoms with Crippen LogP contribution in [0.5, 0.6) is 5.75 Å². The van der Waals surface area contributed by atoms with Gasteiger partial charge in [-0.2, -0.15) is 13.2 Å². The van der Waals surface area contributed by atoms with Crippen molar-refractivity contribution in [2.45, 2.75) is 31.0 Å². The Morgan fingerprint density at radius 2 is 1.73 bits per heavy atom. The molecular formula is C28H22ClF3N2O3. The molecule has 0 aromatic heterocycles. The number of ketones is 1. The van der Waals surface area contributed by atoms with Crippen LogP contribution in [-0.4, -0.2) is 25.0 Å². The summed E-state index contributed by atoms with van der Waals surface area (Å²) in [7, 11) is 1.44. The smallest absolute Gasteiger partial charge is 0.471 e. The molecule has 2 atom stereocenters. The van der Waals surface area contributed by atoms with Crippen LogP contribution in [-0.2, 0) is 9.59 Å². The number of methoxy groups -OCH3 is 1. The number of halogens is 4. The Morgan fingerprint density at radius 3 is 2.43 bits per heavy atom. The molecule has 3 aromatic rings. The second-order valence-corrected chi connectivity index (χ2v) is 9.40. The summed E-state index contributed by atoms with van der Waals surface area (Å²) in [4.78, 5) is 27.4. The maximum Gasteiger partial charge on any atom is 0.471 e. The van der Waals surface area contributed by atoms with E-state index in [1.807, 2.05) is 12.1 Å². The van der Waals surface area contributed by atoms with E-state index >= 15 is 0 Å². The normalized spacial score (nSPS) is 19.5. The van der Waals surface area contributed by atoms with Gasteiger partial charge in [0.2, 0.25) is 0 Å². The van der Waals surface area contributed by atoms with Gasteiger partial charge in [-0.1, -0.05) is 48.0 Å². The SMILES string of the molecule is COc1cccc(C2C3=C(CC(c4ccc(Cl)cc4)CC3=O)Nc3ccccc3N2C(=O)C(F)(F)F)c1. The molecule has 1 aliphatic heterocycles. The number of nitrogens with zero attached hydrogens (tertiary/aromatic N) is 1. The largest absolute Gasteiger partial charge is 0.497 e. The van der Waals surface area contributed by atoms with E-state index in [2.05, 4.69) is 5.32 Å². The number of carbonyl (C=O) groups is 2. The zero-order chi connectivity index (χ0) is 26.3. The summed E-state index contributed by atoms with van der Waals surface area (Å²) >= 11 is 6.03. The van der Waals surface area contributed by atoms with E-state index in [1.165, 1.54) is 13.2 Å². The zero-order valence-electron chi connectivity index (χ0n) is 19.7. The van der Waals surface area contributed by atoms with Crippen molar-refractivity contribution < 1.29 is 27.5 Å². The van der Waals surface area contributed by atoms with Gasteiger partial charge in [-0.25, -0.2) is 0 Å². The molecule has 0 saturated heterocycles. The van der Waals surface area contributed by atoms with Crippen LogP contribution in [0.4, 0.5) is 24.5 Å². The number of hydrogen-bond donors (Lipinski definition) is 1. The highest BCUT2D eigenvalue weighted by molar-refractivity contribution is 6.30. The molecule has 37 heavy (non-hydrogen) atoms. The molecule has 0 spiro atoms. The lowest BCUT2D eigenvalue weighted by molar-refractivity contribution is -0.170. The fraction of sp³-hybridized carbons (Fsp3) is 0.214. The summed E-state index contributed by atoms with van der Waals surface area (Å²) in [5, 5.41) is 3.77. The fourth-order valence-electron chi connectivity index (χ4n) is 5.05. The third kappa shape index (κ3) is 4.69. The molecule has 0 fully saturated rings. The number of fused-ring (bicyclic) bond motifs is 1. The Balaban J connectivity index is 1.73. The maximum absolute atomic E-state index is 14.0. The van der Waals surface area contributed by atoms with Gasteiger partial charge < -0.3 is 10.1 Å². The van der Waals surface area contributed by atoms with Gasteiger partial charge >= 0.3 is 12.1 Å². The standard InChI is InChI=1S/C28H22ClF3N2O3/c1-37-20-6-4-5-17(13-20)26-25-22(14-18(15-24(25)35)16-9-11-19(29)12-10-16)33-21-7-2-3-8-23(21)34(26)27(36)28(30,31)32/h2-13,18,26,33H,14-15H2,1H3. The van der Waals surface area contributed by atoms with Crippen LogP contribution in [0.2, 0.25) is 5.02 Å². The molecule has 5 rings (SSSR count). The van der Waals surface area contributed by atoms with Gasteiger partial charge in [0, 0.05) is 22.7 Å². The number of amides is 1. The monoisotopic (exact) mass is 526 g/mol. The Hall–Kier alpha value is -3.78. The van der Waals surface area contributed by atoms with Crippen molar-refractivity contribution in [2.75, 3.05) is 17.3 Å². The number of alkyl halides is 3. The molecule has 0 bridgehead atoms. The molecule has 1 heterocycles. The van der Waals surface area contributed by atoms with Crippen LogP contribution in [0.3, 0.4) is 0 Å². The van der Waals surface area contributed by atoms with Crippen molar-refractivity contribution >= 4 is 34.7 Å². The minimum Gasteiger partial charge on any atom is -0.497 e. The molecule has 1 amide bonds. The van der Waals surface area contributed by atoms with Crippen LogP contribution < -0.4 is 15.0 Å². The first-order valence-electron chi connectivity index (χ1n) is 11.6. The Kier molecular flexibility index (Phi) is 6.45. The van der Waals surface area contributed by atoms with Crippen LogP contribution >= 0.6 is 11.6 Å². The lowest BCUT2D eigenvalue weighted by Crippen LogP contribution is -2.45. The second-order valence-electron chi connectivity index (χ2n) is 8.97. The van der Waals surface area contributed by atoms with Crippen LogP contribution in [0, 0.1) is 0 Å². The second kappa shape index (κ2) is 9.59. The number of para-hydroxylation sites is 2. The number of hydrogen-bond acceptors (Lipinski definition) is 4. The van der Waals surface area contributed by atoms with E-state index in [4.69, 9.17) is 16.3 Å². The summed E-state index contributed by atoms with van der Waals surface area (Å²) in [6, 6.07) is 18.5. The van der Waals surface area contributed by atoms with Gasteiger partial charge in [0.05, 0.1) is 24.5 Å². The van der Waals surface area contributed by atoms with Crippen molar-refractivity contribution in [1.82, 2.24) is 0 Å². The summed E-state index contributed by atoms with van der Waals surface area (Å²) < 4.78 is 47.3. The highest BCUT2D eigenvalue weighted by Crippen LogP contribution is 2.48. The molecule has 0 radical (unpaired) electrons. The van der Waals surface area contributed by atoms with Crippen LogP contribution in [0.25, 0.3) is 0 Å². The van der Waals surface area contributed by atoms with Crippen molar-refractivity contribution in [2.24, 2.45) is 0 Å². The molecule has 2 unspecified atom stereocenters. The minimum absolute atomic E-state index is 0.0305. The lowest BCUT2D eigenvalue weighted by Gasteiger charge is -2.35. The van der Waals surface area contributed by atoms with Gasteiger partial charge in [0.15, 0.2) is 5.78 Å². The number of rotatable bonds is 3. The average Bonchev–Trinajstić information content (AvgIpc) is 3.02. The average molecular weight is 527 g/mol. The van der Waals surface area contributed by atoms with Crippen molar-refractivity contribution in [3.63, 3.8) is 0 Å². The highest BCUT2D eigenvalue weighted by Gasteiger charge is 2.50. The number of anilines is 2. The van der Waals surface area contributed by atoms with Crippen molar-refractivity contribution in [3.8, 4) is 5.75 Å². The third-order valence-electron chi connectivity index (χ3n) is 6.70. The van der Waals surface area contributed by atoms with Gasteiger partial charge in [0.1, 0.15) is 5.75 Å². The molecule has 0 saturated carbocycles. The fourth-order valence-corrected chi connectivity index (χ4v) is 5.17. The summed E-state index contributed by atoms with van der Waals surface area (Å²) in [6.07, 6.45) is -4.72. The summed E-state index contributed by atoms with van der Waals surface area (Å²) in [5.41, 5.74) is 2.18. The molecule has 9 heteroatoms. The lowest BCUT2D eigenvalue weighted by atomic mass is 9.78. The molecule has 190 valence electrons. The Morgan fingerprint density at radius 1 is 1.00 bits per heavy atom. The number of ether oxygens (including phenoxy) is 1.